The Morgan fingerprint density at radius 2 is 1.90 bits per heavy atom. The van der Waals surface area contributed by atoms with Gasteiger partial charge in [0.25, 0.3) is 0 Å². The smallest absolute Gasteiger partial charge is 0.217 e. The lowest BCUT2D eigenvalue weighted by Gasteiger charge is -2.34. The maximum atomic E-state index is 14.0. The fraction of sp³-hybridized carbons (Fsp3) is 0.467. The van der Waals surface area contributed by atoms with Crippen molar-refractivity contribution in [2.75, 3.05) is 18.0 Å². The molecule has 1 aromatic carbocycles. The molecule has 1 fully saturated rings. The van der Waals surface area contributed by atoms with E-state index in [9.17, 15) is 14.0 Å². The molecule has 1 saturated heterocycles. The highest BCUT2D eigenvalue weighted by atomic mass is 19.1. The van der Waals surface area contributed by atoms with Crippen molar-refractivity contribution in [3.05, 3.63) is 29.6 Å². The molecule has 20 heavy (non-hydrogen) atoms. The first kappa shape index (κ1) is 14.5. The van der Waals surface area contributed by atoms with Gasteiger partial charge in [0.1, 0.15) is 5.82 Å². The lowest BCUT2D eigenvalue weighted by atomic mass is 10.0. The lowest BCUT2D eigenvalue weighted by molar-refractivity contribution is -0.119. The molecule has 1 amide bonds. The van der Waals surface area contributed by atoms with Crippen LogP contribution in [0.25, 0.3) is 0 Å². The molecular weight excluding hydrogens is 259 g/mol. The van der Waals surface area contributed by atoms with Crippen molar-refractivity contribution in [3.8, 4) is 0 Å². The quantitative estimate of drug-likeness (QED) is 0.862. The highest BCUT2D eigenvalue weighted by molar-refractivity contribution is 5.94. The Bertz CT molecular complexity index is 523. The maximum Gasteiger partial charge on any atom is 0.217 e. The molecule has 0 aliphatic carbocycles. The largest absolute Gasteiger partial charge is 0.369 e. The normalized spacial score (nSPS) is 16.1. The van der Waals surface area contributed by atoms with E-state index >= 15 is 0 Å². The van der Waals surface area contributed by atoms with Crippen molar-refractivity contribution in [1.82, 2.24) is 5.32 Å². The van der Waals surface area contributed by atoms with Gasteiger partial charge in [-0.2, -0.15) is 0 Å². The van der Waals surface area contributed by atoms with Crippen molar-refractivity contribution in [3.63, 3.8) is 0 Å². The Balaban J connectivity index is 2.03. The number of halogens is 1. The number of carbonyl (C=O) groups excluding carboxylic acids is 2. The van der Waals surface area contributed by atoms with Crippen molar-refractivity contribution >= 4 is 17.4 Å². The summed E-state index contributed by atoms with van der Waals surface area (Å²) in [5, 5.41) is 2.89. The minimum Gasteiger partial charge on any atom is -0.369 e. The average molecular weight is 278 g/mol. The molecular formula is C15H19FN2O2. The third-order valence-electron chi connectivity index (χ3n) is 3.60. The van der Waals surface area contributed by atoms with Gasteiger partial charge in [0.2, 0.25) is 5.91 Å². The van der Waals surface area contributed by atoms with Crippen LogP contribution in [0.3, 0.4) is 0 Å². The van der Waals surface area contributed by atoms with Gasteiger partial charge >= 0.3 is 0 Å². The Kier molecular flexibility index (Phi) is 4.37. The van der Waals surface area contributed by atoms with Crippen molar-refractivity contribution in [2.24, 2.45) is 0 Å². The van der Waals surface area contributed by atoms with Crippen LogP contribution < -0.4 is 10.2 Å². The zero-order valence-corrected chi connectivity index (χ0v) is 11.8. The van der Waals surface area contributed by atoms with Crippen LogP contribution in [0.15, 0.2) is 18.2 Å². The topological polar surface area (TPSA) is 49.4 Å². The zero-order valence-electron chi connectivity index (χ0n) is 11.8. The average Bonchev–Trinajstić information content (AvgIpc) is 2.39. The number of benzene rings is 1. The van der Waals surface area contributed by atoms with Crippen LogP contribution in [0.5, 0.6) is 0 Å². The number of nitrogens with one attached hydrogen (secondary N) is 1. The van der Waals surface area contributed by atoms with Gasteiger partial charge in [-0.1, -0.05) is 0 Å². The molecule has 108 valence electrons. The van der Waals surface area contributed by atoms with Crippen LogP contribution in [0.1, 0.15) is 37.0 Å². The maximum absolute atomic E-state index is 14.0. The molecule has 2 rings (SSSR count). The summed E-state index contributed by atoms with van der Waals surface area (Å²) in [5.74, 6) is -0.532. The van der Waals surface area contributed by atoms with Gasteiger partial charge < -0.3 is 10.2 Å². The Labute approximate surface area is 118 Å². The van der Waals surface area contributed by atoms with E-state index in [0.717, 1.165) is 12.8 Å². The fourth-order valence-corrected chi connectivity index (χ4v) is 2.53. The summed E-state index contributed by atoms with van der Waals surface area (Å²) in [6.07, 6.45) is 1.60. The first-order valence-electron chi connectivity index (χ1n) is 6.80. The van der Waals surface area contributed by atoms with E-state index in [4.69, 9.17) is 0 Å². The number of anilines is 1. The molecule has 0 atom stereocenters. The number of nitrogens with zero attached hydrogens (tertiary/aromatic N) is 1. The Morgan fingerprint density at radius 3 is 2.40 bits per heavy atom. The molecule has 0 radical (unpaired) electrons. The number of hydrogen-bond donors (Lipinski definition) is 1. The second-order valence-corrected chi connectivity index (χ2v) is 5.18. The van der Waals surface area contributed by atoms with Gasteiger partial charge in [0.15, 0.2) is 5.78 Å². The van der Waals surface area contributed by atoms with Crippen LogP contribution in [0, 0.1) is 5.82 Å². The third kappa shape index (κ3) is 3.35. The highest BCUT2D eigenvalue weighted by Gasteiger charge is 2.22. The fourth-order valence-electron chi connectivity index (χ4n) is 2.53. The first-order valence-corrected chi connectivity index (χ1v) is 6.80. The Morgan fingerprint density at radius 1 is 1.25 bits per heavy atom. The van der Waals surface area contributed by atoms with E-state index in [1.165, 1.54) is 19.9 Å². The molecule has 1 aliphatic heterocycles. The van der Waals surface area contributed by atoms with Gasteiger partial charge in [0, 0.05) is 31.6 Å². The summed E-state index contributed by atoms with van der Waals surface area (Å²) in [5.41, 5.74) is 0.913. The molecule has 4 nitrogen and oxygen atoms in total. The number of Topliss-reactive ketones (excluding diaryl/α,β-unsaturated/α-hetero) is 1. The standard InChI is InChI=1S/C15H19FN2O2/c1-10(19)12-3-4-15(14(16)9-12)18-7-5-13(6-8-18)17-11(2)20/h3-4,9,13H,5-8H2,1-2H3,(H,17,20). The monoisotopic (exact) mass is 278 g/mol. The molecule has 1 aromatic rings. The number of carbonyl (C=O) groups is 2. The lowest BCUT2D eigenvalue weighted by Crippen LogP contribution is -2.44. The molecule has 1 heterocycles. The van der Waals surface area contributed by atoms with Gasteiger partial charge in [-0.3, -0.25) is 9.59 Å². The van der Waals surface area contributed by atoms with E-state index in [-0.39, 0.29) is 23.5 Å². The predicted molar refractivity (Wildman–Crippen MR) is 75.5 cm³/mol. The number of ketones is 1. The molecule has 0 saturated carbocycles. The number of rotatable bonds is 3. The zero-order chi connectivity index (χ0) is 14.7. The summed E-state index contributed by atoms with van der Waals surface area (Å²) in [4.78, 5) is 24.2. The van der Waals surface area contributed by atoms with Crippen LogP contribution in [-0.4, -0.2) is 30.8 Å². The summed E-state index contributed by atoms with van der Waals surface area (Å²) in [6.45, 7) is 4.32. The van der Waals surface area contributed by atoms with Crippen LogP contribution >= 0.6 is 0 Å². The van der Waals surface area contributed by atoms with Gasteiger partial charge in [-0.25, -0.2) is 4.39 Å². The SMILES string of the molecule is CC(=O)NC1CCN(c2ccc(C(C)=O)cc2F)CC1. The second kappa shape index (κ2) is 6.03. The van der Waals surface area contributed by atoms with Gasteiger partial charge in [-0.05, 0) is 38.0 Å². The summed E-state index contributed by atoms with van der Waals surface area (Å²) < 4.78 is 14.0. The highest BCUT2D eigenvalue weighted by Crippen LogP contribution is 2.24. The molecule has 0 spiro atoms. The van der Waals surface area contributed by atoms with Crippen LogP contribution in [0.4, 0.5) is 10.1 Å². The molecule has 1 aliphatic rings. The van der Waals surface area contributed by atoms with Crippen molar-refractivity contribution in [2.45, 2.75) is 32.7 Å². The molecule has 0 unspecified atom stereocenters. The third-order valence-corrected chi connectivity index (χ3v) is 3.60. The summed E-state index contributed by atoms with van der Waals surface area (Å²) >= 11 is 0. The summed E-state index contributed by atoms with van der Waals surface area (Å²) in [6, 6.07) is 4.77. The Hall–Kier alpha value is -1.91. The van der Waals surface area contributed by atoms with Crippen LogP contribution in [0.2, 0.25) is 0 Å². The minimum absolute atomic E-state index is 0.0274. The number of amides is 1. The predicted octanol–water partition coefficient (Wildman–Crippen LogP) is 2.13. The van der Waals surface area contributed by atoms with Gasteiger partial charge in [-0.15, -0.1) is 0 Å². The number of piperidine rings is 1. The second-order valence-electron chi connectivity index (χ2n) is 5.18. The van der Waals surface area contributed by atoms with E-state index in [1.54, 1.807) is 12.1 Å². The summed E-state index contributed by atoms with van der Waals surface area (Å²) in [7, 11) is 0. The molecule has 0 aromatic heterocycles. The van der Waals surface area contributed by atoms with Crippen LogP contribution in [-0.2, 0) is 4.79 Å². The van der Waals surface area contributed by atoms with E-state index in [0.29, 0.717) is 24.3 Å². The molecule has 0 bridgehead atoms. The van der Waals surface area contributed by atoms with E-state index < -0.39 is 0 Å². The first-order chi connectivity index (χ1) is 9.47. The molecule has 5 heteroatoms. The minimum atomic E-state index is -0.365. The van der Waals surface area contributed by atoms with Crippen molar-refractivity contribution in [1.29, 1.82) is 0 Å². The van der Waals surface area contributed by atoms with E-state index in [1.807, 2.05) is 4.90 Å². The number of hydrogen-bond acceptors (Lipinski definition) is 3. The van der Waals surface area contributed by atoms with Gasteiger partial charge in [0.05, 0.1) is 5.69 Å². The van der Waals surface area contributed by atoms with E-state index in [2.05, 4.69) is 5.32 Å². The van der Waals surface area contributed by atoms with Crippen molar-refractivity contribution < 1.29 is 14.0 Å². The molecule has 1 N–H and O–H groups in total.